The molecule has 0 spiro atoms. The topological polar surface area (TPSA) is 189 Å². The van der Waals surface area contributed by atoms with E-state index in [0.717, 1.165) is 0 Å². The molecule has 3 aromatic rings. The van der Waals surface area contributed by atoms with Crippen LogP contribution in [0.15, 0.2) is 71.6 Å². The molecule has 14 heteroatoms. The van der Waals surface area contributed by atoms with E-state index in [1.807, 2.05) is 18.6 Å². The average molecular weight is 669 g/mol. The van der Waals surface area contributed by atoms with Crippen LogP contribution in [0.4, 0.5) is 16.2 Å². The normalized spacial score (nSPS) is 12.4. The number of benzene rings is 3. The number of carbonyl (C=O) groups is 4. The molecule has 0 aliphatic heterocycles. The third-order valence-electron chi connectivity index (χ3n) is 7.10. The van der Waals surface area contributed by atoms with Gasteiger partial charge in [0.05, 0.1) is 31.6 Å². The Bertz CT molecular complexity index is 1690. The third-order valence-corrected chi connectivity index (χ3v) is 8.59. The molecule has 2 atom stereocenters. The smallest absolute Gasteiger partial charge is 0.333 e. The van der Waals surface area contributed by atoms with Crippen LogP contribution in [0.2, 0.25) is 0 Å². The van der Waals surface area contributed by atoms with E-state index >= 15 is 0 Å². The van der Waals surface area contributed by atoms with Gasteiger partial charge in [-0.1, -0.05) is 38.1 Å². The number of anilines is 2. The molecule has 3 rings (SSSR count). The van der Waals surface area contributed by atoms with Crippen molar-refractivity contribution in [2.75, 3.05) is 24.9 Å². The van der Waals surface area contributed by atoms with Gasteiger partial charge in [-0.3, -0.25) is 14.4 Å². The number of carboxylic acids is 1. The van der Waals surface area contributed by atoms with Crippen LogP contribution in [0, 0.1) is 18.8 Å². The van der Waals surface area contributed by atoms with Gasteiger partial charge in [-0.05, 0) is 72.9 Å². The van der Waals surface area contributed by atoms with Gasteiger partial charge in [0.25, 0.3) is 10.0 Å². The molecule has 0 aromatic heterocycles. The summed E-state index contributed by atoms with van der Waals surface area (Å²) in [6.45, 7) is 5.44. The minimum Gasteiger partial charge on any atom is -0.493 e. The Morgan fingerprint density at radius 2 is 1.45 bits per heavy atom. The van der Waals surface area contributed by atoms with Gasteiger partial charge in [-0.15, -0.1) is 0 Å². The molecular weight excluding hydrogens is 628 g/mol. The molecule has 0 aliphatic rings. The molecule has 0 saturated heterocycles. The maximum Gasteiger partial charge on any atom is 0.333 e. The summed E-state index contributed by atoms with van der Waals surface area (Å²) < 4.78 is 37.7. The second-order valence-corrected chi connectivity index (χ2v) is 12.9. The summed E-state index contributed by atoms with van der Waals surface area (Å²) in [4.78, 5) is 50.5. The number of nitrogens with one attached hydrogen (secondary N) is 4. The zero-order valence-electron chi connectivity index (χ0n) is 26.8. The zero-order chi connectivity index (χ0) is 34.7. The lowest BCUT2D eigenvalue weighted by molar-refractivity contribution is -0.138. The van der Waals surface area contributed by atoms with Crippen molar-refractivity contribution in [3.63, 3.8) is 0 Å². The standard InChI is InChI=1S/C33H40N4O9S/c1-20(2)16-23(32(41)36-26(19-31(39)40)22-10-15-27(45-4)28(17-22)46-5)18-30(38)34-24-11-13-25(14-12-24)35-33(42)37-47(43,44)29-9-7-6-8-21(29)3/h6-15,17,20,23,26H,16,18-19H2,1-5H3,(H,34,38)(H,36,41)(H,39,40)(H2,35,37,42)/t23?,26-/m0/s1. The molecule has 0 fully saturated rings. The van der Waals surface area contributed by atoms with Gasteiger partial charge < -0.3 is 30.5 Å². The third kappa shape index (κ3) is 10.7. The Labute approximate surface area is 274 Å². The SMILES string of the molecule is COc1ccc([C@H](CC(=O)O)NC(=O)C(CC(=O)Nc2ccc(NC(=O)NS(=O)(=O)c3ccccc3C)cc2)CC(C)C)cc1OC. The number of carbonyl (C=O) groups excluding carboxylic acids is 3. The van der Waals surface area contributed by atoms with E-state index in [0.29, 0.717) is 34.7 Å². The quantitative estimate of drug-likeness (QED) is 0.151. The number of ether oxygens (including phenoxy) is 2. The molecule has 0 aliphatic carbocycles. The number of hydrogen-bond acceptors (Lipinski definition) is 8. The number of aliphatic carboxylic acids is 1. The number of carboxylic acid groups (broad SMARTS) is 1. The van der Waals surface area contributed by atoms with Gasteiger partial charge >= 0.3 is 12.0 Å². The van der Waals surface area contributed by atoms with Crippen molar-refractivity contribution in [1.29, 1.82) is 0 Å². The molecule has 47 heavy (non-hydrogen) atoms. The van der Waals surface area contributed by atoms with Crippen molar-refractivity contribution in [3.05, 3.63) is 77.9 Å². The van der Waals surface area contributed by atoms with E-state index in [1.165, 1.54) is 44.6 Å². The molecule has 0 bridgehead atoms. The number of rotatable bonds is 15. The van der Waals surface area contributed by atoms with Gasteiger partial charge in [0, 0.05) is 23.7 Å². The molecular formula is C33H40N4O9S. The highest BCUT2D eigenvalue weighted by atomic mass is 32.2. The van der Waals surface area contributed by atoms with Crippen LogP contribution in [-0.2, 0) is 24.4 Å². The maximum absolute atomic E-state index is 13.4. The van der Waals surface area contributed by atoms with Crippen molar-refractivity contribution in [2.45, 2.75) is 51.0 Å². The summed E-state index contributed by atoms with van der Waals surface area (Å²) in [5, 5.41) is 17.5. The monoisotopic (exact) mass is 668 g/mol. The van der Waals surface area contributed by atoms with Crippen molar-refractivity contribution in [1.82, 2.24) is 10.0 Å². The summed E-state index contributed by atoms with van der Waals surface area (Å²) in [5.74, 6) is -1.91. The average Bonchev–Trinajstić information content (AvgIpc) is 3.00. The molecule has 0 radical (unpaired) electrons. The molecule has 0 saturated carbocycles. The Balaban J connectivity index is 1.65. The first kappa shape index (κ1) is 36.4. The van der Waals surface area contributed by atoms with E-state index < -0.39 is 52.2 Å². The van der Waals surface area contributed by atoms with Crippen LogP contribution >= 0.6 is 0 Å². The molecule has 13 nitrogen and oxygen atoms in total. The number of amides is 4. The predicted octanol–water partition coefficient (Wildman–Crippen LogP) is 4.85. The fraction of sp³-hybridized carbons (Fsp3) is 0.333. The fourth-order valence-electron chi connectivity index (χ4n) is 4.90. The number of methoxy groups -OCH3 is 2. The summed E-state index contributed by atoms with van der Waals surface area (Å²) in [7, 11) is -1.16. The highest BCUT2D eigenvalue weighted by molar-refractivity contribution is 7.90. The Morgan fingerprint density at radius 3 is 2.02 bits per heavy atom. The molecule has 4 amide bonds. The first-order valence-electron chi connectivity index (χ1n) is 14.8. The lowest BCUT2D eigenvalue weighted by Crippen LogP contribution is -2.37. The molecule has 3 aromatic carbocycles. The van der Waals surface area contributed by atoms with Crippen molar-refractivity contribution in [3.8, 4) is 11.5 Å². The van der Waals surface area contributed by atoms with Gasteiger partial charge in [0.15, 0.2) is 11.5 Å². The van der Waals surface area contributed by atoms with E-state index in [2.05, 4.69) is 16.0 Å². The minimum atomic E-state index is -4.09. The van der Waals surface area contributed by atoms with Crippen molar-refractivity contribution in [2.24, 2.45) is 11.8 Å². The molecule has 0 heterocycles. The maximum atomic E-state index is 13.4. The number of urea groups is 1. The van der Waals surface area contributed by atoms with E-state index in [9.17, 15) is 32.7 Å². The van der Waals surface area contributed by atoms with Crippen molar-refractivity contribution >= 4 is 45.2 Å². The zero-order valence-corrected chi connectivity index (χ0v) is 27.6. The fourth-order valence-corrected chi connectivity index (χ4v) is 6.06. The second-order valence-electron chi connectivity index (χ2n) is 11.3. The second kappa shape index (κ2) is 16.5. The molecule has 252 valence electrons. The number of hydrogen-bond donors (Lipinski definition) is 5. The number of aryl methyl sites for hydroxylation is 1. The van der Waals surface area contributed by atoms with Gasteiger partial charge in [-0.2, -0.15) is 0 Å². The summed E-state index contributed by atoms with van der Waals surface area (Å²) in [6.07, 6.45) is -0.193. The largest absolute Gasteiger partial charge is 0.493 e. The van der Waals surface area contributed by atoms with Gasteiger partial charge in [-0.25, -0.2) is 17.9 Å². The van der Waals surface area contributed by atoms with Crippen LogP contribution in [0.1, 0.15) is 50.3 Å². The summed E-state index contributed by atoms with van der Waals surface area (Å²) in [5.41, 5.74) is 1.64. The van der Waals surface area contributed by atoms with Crippen LogP contribution in [0.25, 0.3) is 0 Å². The summed E-state index contributed by atoms with van der Waals surface area (Å²) in [6, 6.07) is 15.3. The first-order chi connectivity index (χ1) is 22.2. The van der Waals surface area contributed by atoms with E-state index in [-0.39, 0.29) is 22.9 Å². The summed E-state index contributed by atoms with van der Waals surface area (Å²) >= 11 is 0. The van der Waals surface area contributed by atoms with Crippen LogP contribution in [0.3, 0.4) is 0 Å². The first-order valence-corrected chi connectivity index (χ1v) is 16.2. The predicted molar refractivity (Wildman–Crippen MR) is 176 cm³/mol. The lowest BCUT2D eigenvalue weighted by atomic mass is 9.92. The number of sulfonamides is 1. The van der Waals surface area contributed by atoms with Crippen LogP contribution < -0.4 is 30.1 Å². The van der Waals surface area contributed by atoms with Gasteiger partial charge in [0.2, 0.25) is 11.8 Å². The van der Waals surface area contributed by atoms with Crippen LogP contribution in [-0.4, -0.2) is 51.6 Å². The molecule has 1 unspecified atom stereocenters. The van der Waals surface area contributed by atoms with Gasteiger partial charge in [0.1, 0.15) is 0 Å². The van der Waals surface area contributed by atoms with Crippen LogP contribution in [0.5, 0.6) is 11.5 Å². The highest BCUT2D eigenvalue weighted by Crippen LogP contribution is 2.31. The molecule has 5 N–H and O–H groups in total. The van der Waals surface area contributed by atoms with E-state index in [4.69, 9.17) is 9.47 Å². The minimum absolute atomic E-state index is 0.0176. The Hall–Kier alpha value is -5.11. The Kier molecular flexibility index (Phi) is 12.7. The Morgan fingerprint density at radius 1 is 0.830 bits per heavy atom. The highest BCUT2D eigenvalue weighted by Gasteiger charge is 2.27. The van der Waals surface area contributed by atoms with E-state index in [1.54, 1.807) is 43.3 Å². The van der Waals surface area contributed by atoms with Crippen molar-refractivity contribution < 1.29 is 42.2 Å². The lowest BCUT2D eigenvalue weighted by Gasteiger charge is -2.24.